The van der Waals surface area contributed by atoms with Gasteiger partial charge in [-0.3, -0.25) is 14.9 Å². The standard InChI is InChI=1S/C26H21ClN2O4/c1-16-8-9-19(12-17(16)2)15-33-23-11-10-18(14-22(23)27)13-21-24(30)28-26(32)29(25(21)31)20-6-4-3-5-7-20/h3-14H,15H2,1-2H3,(H,28,30,32)/b21-13+. The van der Waals surface area contributed by atoms with E-state index in [0.717, 1.165) is 10.5 Å². The highest BCUT2D eigenvalue weighted by Gasteiger charge is 2.36. The highest BCUT2D eigenvalue weighted by atomic mass is 35.5. The highest BCUT2D eigenvalue weighted by molar-refractivity contribution is 6.39. The van der Waals surface area contributed by atoms with Crippen LogP contribution in [0.2, 0.25) is 5.02 Å². The fourth-order valence-corrected chi connectivity index (χ4v) is 3.66. The molecule has 0 radical (unpaired) electrons. The van der Waals surface area contributed by atoms with Crippen LogP contribution < -0.4 is 15.0 Å². The monoisotopic (exact) mass is 460 g/mol. The normalized spacial score (nSPS) is 15.1. The molecule has 1 aliphatic rings. The van der Waals surface area contributed by atoms with Gasteiger partial charge in [-0.15, -0.1) is 0 Å². The summed E-state index contributed by atoms with van der Waals surface area (Å²) in [6.07, 6.45) is 1.40. The lowest BCUT2D eigenvalue weighted by Crippen LogP contribution is -2.54. The maximum absolute atomic E-state index is 12.9. The molecule has 6 nitrogen and oxygen atoms in total. The van der Waals surface area contributed by atoms with Crippen LogP contribution in [0.5, 0.6) is 5.75 Å². The summed E-state index contributed by atoms with van der Waals surface area (Å²) in [6.45, 7) is 4.45. The highest BCUT2D eigenvalue weighted by Crippen LogP contribution is 2.28. The molecule has 1 heterocycles. The van der Waals surface area contributed by atoms with Crippen molar-refractivity contribution < 1.29 is 19.1 Å². The van der Waals surface area contributed by atoms with Gasteiger partial charge in [-0.25, -0.2) is 9.69 Å². The van der Waals surface area contributed by atoms with E-state index in [-0.39, 0.29) is 5.57 Å². The lowest BCUT2D eigenvalue weighted by molar-refractivity contribution is -0.122. The smallest absolute Gasteiger partial charge is 0.335 e. The summed E-state index contributed by atoms with van der Waals surface area (Å²) in [5.74, 6) is -0.984. The summed E-state index contributed by atoms with van der Waals surface area (Å²) in [5, 5.41) is 2.54. The first kappa shape index (κ1) is 22.3. The van der Waals surface area contributed by atoms with Gasteiger partial charge < -0.3 is 4.74 Å². The van der Waals surface area contributed by atoms with E-state index in [1.807, 2.05) is 19.1 Å². The van der Waals surface area contributed by atoms with Crippen LogP contribution in [0.4, 0.5) is 10.5 Å². The number of ether oxygens (including phenoxy) is 1. The Kier molecular flexibility index (Phi) is 6.29. The molecule has 33 heavy (non-hydrogen) atoms. The number of hydrogen-bond acceptors (Lipinski definition) is 4. The van der Waals surface area contributed by atoms with Gasteiger partial charge in [-0.05, 0) is 66.4 Å². The summed E-state index contributed by atoms with van der Waals surface area (Å²) in [6, 6.07) is 18.7. The maximum Gasteiger partial charge on any atom is 0.335 e. The molecule has 1 saturated heterocycles. The molecule has 0 atom stereocenters. The van der Waals surface area contributed by atoms with Gasteiger partial charge in [-0.1, -0.05) is 54.1 Å². The minimum Gasteiger partial charge on any atom is -0.487 e. The molecule has 166 valence electrons. The number of imide groups is 2. The first-order valence-corrected chi connectivity index (χ1v) is 10.7. The second kappa shape index (κ2) is 9.30. The van der Waals surface area contributed by atoms with Crippen molar-refractivity contribution in [1.82, 2.24) is 5.32 Å². The molecule has 3 aromatic carbocycles. The first-order valence-electron chi connectivity index (χ1n) is 10.3. The van der Waals surface area contributed by atoms with Crippen molar-refractivity contribution in [1.29, 1.82) is 0 Å². The molecule has 0 aromatic heterocycles. The van der Waals surface area contributed by atoms with Crippen molar-refractivity contribution in [2.24, 2.45) is 0 Å². The van der Waals surface area contributed by atoms with Gasteiger partial charge in [0.25, 0.3) is 11.8 Å². The Hall–Kier alpha value is -3.90. The lowest BCUT2D eigenvalue weighted by atomic mass is 10.1. The Labute approximate surface area is 196 Å². The van der Waals surface area contributed by atoms with Crippen LogP contribution in [-0.4, -0.2) is 17.8 Å². The van der Waals surface area contributed by atoms with Crippen molar-refractivity contribution in [2.75, 3.05) is 4.90 Å². The van der Waals surface area contributed by atoms with Crippen molar-refractivity contribution in [3.8, 4) is 5.75 Å². The Morgan fingerprint density at radius 1 is 0.939 bits per heavy atom. The second-order valence-electron chi connectivity index (χ2n) is 7.69. The number of hydrogen-bond donors (Lipinski definition) is 1. The molecule has 1 fully saturated rings. The Morgan fingerprint density at radius 3 is 2.39 bits per heavy atom. The van der Waals surface area contributed by atoms with Crippen LogP contribution in [0, 0.1) is 13.8 Å². The fraction of sp³-hybridized carbons (Fsp3) is 0.115. The second-order valence-corrected chi connectivity index (χ2v) is 8.10. The molecular formula is C26H21ClN2O4. The van der Waals surface area contributed by atoms with Gasteiger partial charge in [0.05, 0.1) is 10.7 Å². The molecule has 7 heteroatoms. The van der Waals surface area contributed by atoms with Gasteiger partial charge in [-0.2, -0.15) is 0 Å². The Morgan fingerprint density at radius 2 is 1.70 bits per heavy atom. The fourth-order valence-electron chi connectivity index (χ4n) is 3.41. The zero-order valence-electron chi connectivity index (χ0n) is 18.1. The van der Waals surface area contributed by atoms with Crippen LogP contribution in [-0.2, 0) is 16.2 Å². The minimum absolute atomic E-state index is 0.168. The van der Waals surface area contributed by atoms with E-state index in [1.54, 1.807) is 48.5 Å². The number of carbonyl (C=O) groups excluding carboxylic acids is 3. The van der Waals surface area contributed by atoms with Crippen LogP contribution in [0.3, 0.4) is 0 Å². The van der Waals surface area contributed by atoms with Crippen molar-refractivity contribution >= 4 is 41.2 Å². The SMILES string of the molecule is Cc1ccc(COc2ccc(/C=C3\C(=O)NC(=O)N(c4ccccc4)C3=O)cc2Cl)cc1C. The molecule has 3 aromatic rings. The number of para-hydroxylation sites is 1. The van der Waals surface area contributed by atoms with Crippen molar-refractivity contribution in [2.45, 2.75) is 20.5 Å². The van der Waals surface area contributed by atoms with Crippen molar-refractivity contribution in [3.05, 3.63) is 99.6 Å². The maximum atomic E-state index is 12.9. The number of barbiturate groups is 1. The number of anilines is 1. The number of nitrogens with one attached hydrogen (secondary N) is 1. The number of carbonyl (C=O) groups is 3. The van der Waals surface area contributed by atoms with Crippen LogP contribution in [0.1, 0.15) is 22.3 Å². The van der Waals surface area contributed by atoms with E-state index in [4.69, 9.17) is 16.3 Å². The van der Waals surface area contributed by atoms with Crippen LogP contribution in [0.15, 0.2) is 72.3 Å². The molecule has 0 bridgehead atoms. The van der Waals surface area contributed by atoms with E-state index in [1.165, 1.54) is 17.2 Å². The Bertz CT molecular complexity index is 1280. The molecule has 4 amide bonds. The van der Waals surface area contributed by atoms with E-state index < -0.39 is 17.8 Å². The first-order chi connectivity index (χ1) is 15.8. The van der Waals surface area contributed by atoms with Crippen LogP contribution >= 0.6 is 11.6 Å². The third-order valence-electron chi connectivity index (χ3n) is 5.35. The predicted molar refractivity (Wildman–Crippen MR) is 127 cm³/mol. The zero-order chi connectivity index (χ0) is 23.5. The minimum atomic E-state index is -0.790. The largest absolute Gasteiger partial charge is 0.487 e. The number of aryl methyl sites for hydroxylation is 2. The third kappa shape index (κ3) is 4.81. The molecule has 0 aliphatic carbocycles. The molecule has 0 unspecified atom stereocenters. The summed E-state index contributed by atoms with van der Waals surface area (Å²) in [4.78, 5) is 38.5. The Balaban J connectivity index is 1.54. The molecule has 1 aliphatic heterocycles. The van der Waals surface area contributed by atoms with E-state index in [9.17, 15) is 14.4 Å². The van der Waals surface area contributed by atoms with Crippen molar-refractivity contribution in [3.63, 3.8) is 0 Å². The average molecular weight is 461 g/mol. The molecular weight excluding hydrogens is 440 g/mol. The molecule has 4 rings (SSSR count). The van der Waals surface area contributed by atoms with Gasteiger partial charge in [0.15, 0.2) is 0 Å². The topological polar surface area (TPSA) is 75.7 Å². The van der Waals surface area contributed by atoms with E-state index >= 15 is 0 Å². The number of amides is 4. The van der Waals surface area contributed by atoms with E-state index in [0.29, 0.717) is 28.6 Å². The number of halogens is 1. The predicted octanol–water partition coefficient (Wildman–Crippen LogP) is 5.20. The number of rotatable bonds is 5. The van der Waals surface area contributed by atoms with E-state index in [2.05, 4.69) is 18.3 Å². The summed E-state index contributed by atoms with van der Waals surface area (Å²) in [5.41, 5.74) is 4.14. The summed E-state index contributed by atoms with van der Waals surface area (Å²) in [7, 11) is 0. The number of nitrogens with zero attached hydrogens (tertiary/aromatic N) is 1. The molecule has 0 saturated carbocycles. The molecule has 0 spiro atoms. The summed E-state index contributed by atoms with van der Waals surface area (Å²) < 4.78 is 5.84. The van der Waals surface area contributed by atoms with Gasteiger partial charge in [0.1, 0.15) is 17.9 Å². The van der Waals surface area contributed by atoms with Gasteiger partial charge >= 0.3 is 6.03 Å². The van der Waals surface area contributed by atoms with Gasteiger partial charge in [0, 0.05) is 0 Å². The zero-order valence-corrected chi connectivity index (χ0v) is 18.8. The summed E-state index contributed by atoms with van der Waals surface area (Å²) >= 11 is 6.39. The molecule has 1 N–H and O–H groups in total. The quantitative estimate of drug-likeness (QED) is 0.419. The number of urea groups is 1. The van der Waals surface area contributed by atoms with Gasteiger partial charge in [0.2, 0.25) is 0 Å². The average Bonchev–Trinajstić information content (AvgIpc) is 2.79. The third-order valence-corrected chi connectivity index (χ3v) is 5.64. The number of benzene rings is 3. The lowest BCUT2D eigenvalue weighted by Gasteiger charge is -2.26. The van der Waals surface area contributed by atoms with Crippen LogP contribution in [0.25, 0.3) is 6.08 Å².